The highest BCUT2D eigenvalue weighted by Crippen LogP contribution is 2.19. The van der Waals surface area contributed by atoms with Crippen LogP contribution < -0.4 is 10.1 Å². The van der Waals surface area contributed by atoms with Gasteiger partial charge in [-0.2, -0.15) is 0 Å². The van der Waals surface area contributed by atoms with Crippen molar-refractivity contribution < 1.29 is 19.4 Å². The van der Waals surface area contributed by atoms with Crippen LogP contribution in [0.15, 0.2) is 48.5 Å². The Bertz CT molecular complexity index is 915. The molecule has 0 heterocycles. The minimum absolute atomic E-state index is 0.0408. The van der Waals surface area contributed by atoms with Crippen molar-refractivity contribution in [1.82, 2.24) is 5.32 Å². The van der Waals surface area contributed by atoms with Crippen LogP contribution in [0.5, 0.6) is 5.75 Å². The first-order valence-corrected chi connectivity index (χ1v) is 9.55. The minimum atomic E-state index is -0.504. The van der Waals surface area contributed by atoms with Gasteiger partial charge in [0.15, 0.2) is 5.69 Å². The second-order valence-corrected chi connectivity index (χ2v) is 6.88. The molecule has 0 fully saturated rings. The molecule has 0 aliphatic carbocycles. The van der Waals surface area contributed by atoms with Crippen LogP contribution in [0.2, 0.25) is 0 Å². The van der Waals surface area contributed by atoms with Crippen molar-refractivity contribution in [2.45, 2.75) is 25.7 Å². The third kappa shape index (κ3) is 7.15. The number of nitrogens with zero attached hydrogens (tertiary/aromatic N) is 1. The molecule has 1 amide bonds. The quantitative estimate of drug-likeness (QED) is 0.320. The van der Waals surface area contributed by atoms with Crippen molar-refractivity contribution in [3.63, 3.8) is 0 Å². The predicted molar refractivity (Wildman–Crippen MR) is 114 cm³/mol. The van der Waals surface area contributed by atoms with Gasteiger partial charge in [0.25, 0.3) is 0 Å². The number of amidine groups is 1. The predicted octanol–water partition coefficient (Wildman–Crippen LogP) is 3.08. The van der Waals surface area contributed by atoms with E-state index in [0.29, 0.717) is 17.9 Å². The zero-order valence-electron chi connectivity index (χ0n) is 16.9. The van der Waals surface area contributed by atoms with E-state index in [4.69, 9.17) is 21.8 Å². The molecule has 3 N–H and O–H groups in total. The fourth-order valence-corrected chi connectivity index (χ4v) is 3.00. The fourth-order valence-electron chi connectivity index (χ4n) is 3.00. The molecule has 0 aliphatic rings. The summed E-state index contributed by atoms with van der Waals surface area (Å²) in [5.74, 6) is -0.354. The van der Waals surface area contributed by atoms with E-state index < -0.39 is 11.8 Å². The van der Waals surface area contributed by atoms with E-state index in [1.54, 1.807) is 43.5 Å². The summed E-state index contributed by atoms with van der Waals surface area (Å²) >= 11 is 0. The number of ether oxygens (including phenoxy) is 1. The molecule has 30 heavy (non-hydrogen) atoms. The third-order valence-electron chi connectivity index (χ3n) is 4.60. The van der Waals surface area contributed by atoms with Crippen molar-refractivity contribution in [2.75, 3.05) is 13.7 Å². The molecule has 0 aliphatic heterocycles. The molecular weight excluding hydrogens is 382 g/mol. The topological polar surface area (TPSA) is 104 Å². The summed E-state index contributed by atoms with van der Waals surface area (Å²) in [6.45, 7) is 6.69. The number of methoxy groups -OCH3 is 1. The van der Waals surface area contributed by atoms with Gasteiger partial charge in [-0.15, -0.1) is 0 Å². The Labute approximate surface area is 176 Å². The van der Waals surface area contributed by atoms with Crippen molar-refractivity contribution in [2.24, 2.45) is 5.92 Å². The second kappa shape index (κ2) is 11.5. The number of Topliss-reactive ketones (excluding diaryl/α,β-unsaturated/α-hetero) is 1. The fraction of sp³-hybridized carbons (Fsp3) is 0.304. The van der Waals surface area contributed by atoms with Gasteiger partial charge in [0.1, 0.15) is 17.4 Å². The maximum absolute atomic E-state index is 12.7. The van der Waals surface area contributed by atoms with Crippen LogP contribution in [0.1, 0.15) is 24.0 Å². The number of hydrogen-bond donors (Lipinski definition) is 3. The van der Waals surface area contributed by atoms with Crippen LogP contribution in [0.25, 0.3) is 4.85 Å². The van der Waals surface area contributed by atoms with Gasteiger partial charge in [-0.3, -0.25) is 15.0 Å². The maximum atomic E-state index is 12.7. The lowest BCUT2D eigenvalue weighted by atomic mass is 9.91. The molecule has 156 valence electrons. The van der Waals surface area contributed by atoms with E-state index in [9.17, 15) is 9.59 Å². The van der Waals surface area contributed by atoms with Crippen molar-refractivity contribution in [1.29, 1.82) is 5.41 Å². The Kier molecular flexibility index (Phi) is 8.73. The Morgan fingerprint density at radius 1 is 1.13 bits per heavy atom. The zero-order valence-corrected chi connectivity index (χ0v) is 16.9. The largest absolute Gasteiger partial charge is 0.497 e. The summed E-state index contributed by atoms with van der Waals surface area (Å²) in [6, 6.07) is 14.2. The van der Waals surface area contributed by atoms with Gasteiger partial charge in [0.05, 0.1) is 26.7 Å². The molecule has 2 aromatic rings. The van der Waals surface area contributed by atoms with E-state index in [1.165, 1.54) is 0 Å². The summed E-state index contributed by atoms with van der Waals surface area (Å²) in [4.78, 5) is 27.8. The van der Waals surface area contributed by atoms with Gasteiger partial charge in [0, 0.05) is 18.8 Å². The van der Waals surface area contributed by atoms with E-state index in [0.717, 1.165) is 11.1 Å². The number of nitrogens with one attached hydrogen (secondary N) is 2. The average Bonchev–Trinajstić information content (AvgIpc) is 2.74. The Morgan fingerprint density at radius 3 is 2.33 bits per heavy atom. The van der Waals surface area contributed by atoms with Gasteiger partial charge in [0.2, 0.25) is 5.91 Å². The van der Waals surface area contributed by atoms with Crippen LogP contribution in [0.3, 0.4) is 0 Å². The molecule has 0 spiro atoms. The maximum Gasteiger partial charge on any atom is 0.227 e. The SMILES string of the molecule is [C-]#[N+]c1ccc(CC(=O)C[C@@H](Cc2ccc(OC)cc2)C(=N)NC(=O)CCO)cc1. The number of carbonyl (C=O) groups is 2. The standard InChI is InChI=1S/C23H25N3O4/c1-25-19-7-3-17(4-8-19)14-20(28)15-18(23(24)26-22(29)11-12-27)13-16-5-9-21(30-2)10-6-16/h3-10,18,27H,11-15H2,2H3,(H2,24,26,29)/t18-/m1/s1. The molecule has 1 atom stereocenters. The number of ketones is 1. The van der Waals surface area contributed by atoms with Gasteiger partial charge >= 0.3 is 0 Å². The highest BCUT2D eigenvalue weighted by atomic mass is 16.5. The van der Waals surface area contributed by atoms with E-state index in [1.807, 2.05) is 12.1 Å². The van der Waals surface area contributed by atoms with E-state index >= 15 is 0 Å². The van der Waals surface area contributed by atoms with E-state index in [-0.39, 0.29) is 37.5 Å². The van der Waals surface area contributed by atoms with Gasteiger partial charge < -0.3 is 15.2 Å². The number of aliphatic hydroxyl groups is 1. The lowest BCUT2D eigenvalue weighted by molar-refractivity contribution is -0.121. The van der Waals surface area contributed by atoms with Crippen LogP contribution in [-0.2, 0) is 22.4 Å². The number of aliphatic hydroxyl groups excluding tert-OH is 1. The van der Waals surface area contributed by atoms with Gasteiger partial charge in [-0.1, -0.05) is 36.4 Å². The molecule has 7 heteroatoms. The first-order valence-electron chi connectivity index (χ1n) is 9.55. The number of carbonyl (C=O) groups excluding carboxylic acids is 2. The van der Waals surface area contributed by atoms with E-state index in [2.05, 4.69) is 10.2 Å². The molecule has 0 saturated carbocycles. The summed E-state index contributed by atoms with van der Waals surface area (Å²) in [5, 5.41) is 19.7. The summed E-state index contributed by atoms with van der Waals surface area (Å²) in [5.41, 5.74) is 2.22. The summed E-state index contributed by atoms with van der Waals surface area (Å²) < 4.78 is 5.15. The van der Waals surface area contributed by atoms with Gasteiger partial charge in [-0.25, -0.2) is 4.85 Å². The third-order valence-corrected chi connectivity index (χ3v) is 4.60. The smallest absolute Gasteiger partial charge is 0.227 e. The minimum Gasteiger partial charge on any atom is -0.497 e. The lowest BCUT2D eigenvalue weighted by Gasteiger charge is -2.19. The number of amides is 1. The summed E-state index contributed by atoms with van der Waals surface area (Å²) in [7, 11) is 1.58. The zero-order chi connectivity index (χ0) is 21.9. The molecule has 7 nitrogen and oxygen atoms in total. The molecule has 0 bridgehead atoms. The summed E-state index contributed by atoms with van der Waals surface area (Å²) in [6.07, 6.45) is 0.591. The Hall–Kier alpha value is -3.50. The second-order valence-electron chi connectivity index (χ2n) is 6.88. The molecule has 2 aromatic carbocycles. The van der Waals surface area contributed by atoms with Crippen LogP contribution >= 0.6 is 0 Å². The normalized spacial score (nSPS) is 11.2. The highest BCUT2D eigenvalue weighted by Gasteiger charge is 2.21. The van der Waals surface area contributed by atoms with Crippen LogP contribution in [0.4, 0.5) is 5.69 Å². The number of rotatable bonds is 10. The van der Waals surface area contributed by atoms with Crippen molar-refractivity contribution >= 4 is 23.2 Å². The highest BCUT2D eigenvalue weighted by molar-refractivity contribution is 5.99. The van der Waals surface area contributed by atoms with Crippen LogP contribution in [0, 0.1) is 17.9 Å². The molecule has 0 aromatic heterocycles. The lowest BCUT2D eigenvalue weighted by Crippen LogP contribution is -2.37. The molecule has 0 radical (unpaired) electrons. The Balaban J connectivity index is 2.09. The monoisotopic (exact) mass is 407 g/mol. The first-order chi connectivity index (χ1) is 14.4. The van der Waals surface area contributed by atoms with Crippen LogP contribution in [-0.4, -0.2) is 36.3 Å². The Morgan fingerprint density at radius 2 is 1.77 bits per heavy atom. The number of hydrogen-bond acceptors (Lipinski definition) is 5. The van der Waals surface area contributed by atoms with Crippen molar-refractivity contribution in [3.05, 3.63) is 71.1 Å². The average molecular weight is 407 g/mol. The molecular formula is C23H25N3O4. The number of benzene rings is 2. The first kappa shape index (κ1) is 22.8. The van der Waals surface area contributed by atoms with Crippen molar-refractivity contribution in [3.8, 4) is 5.75 Å². The van der Waals surface area contributed by atoms with Gasteiger partial charge in [-0.05, 0) is 29.7 Å². The molecule has 0 unspecified atom stereocenters. The molecule has 2 rings (SSSR count). The molecule has 0 saturated heterocycles.